The van der Waals surface area contributed by atoms with Gasteiger partial charge in [-0.05, 0) is 65.5 Å². The first-order valence-electron chi connectivity index (χ1n) is 14.4. The maximum absolute atomic E-state index is 8.91. The van der Waals surface area contributed by atoms with Crippen LogP contribution in [0.1, 0.15) is 6.85 Å². The van der Waals surface area contributed by atoms with Gasteiger partial charge in [0.2, 0.25) is 0 Å². The van der Waals surface area contributed by atoms with Crippen molar-refractivity contribution in [3.63, 3.8) is 0 Å². The van der Waals surface area contributed by atoms with Gasteiger partial charge in [0.25, 0.3) is 6.71 Å². The minimum absolute atomic E-state index is 0.0979. The van der Waals surface area contributed by atoms with Crippen LogP contribution in [0.2, 0.25) is 0 Å². The summed E-state index contributed by atoms with van der Waals surface area (Å²) >= 11 is 0. The largest absolute Gasteiger partial charge is 0.468 e. The lowest BCUT2D eigenvalue weighted by atomic mass is 9.35. The summed E-state index contributed by atoms with van der Waals surface area (Å²) < 4.78 is 49.6. The second kappa shape index (κ2) is 7.40. The number of hydrogen-bond acceptors (Lipinski definition) is 3. The second-order valence-electron chi connectivity index (χ2n) is 8.99. The highest BCUT2D eigenvalue weighted by Crippen LogP contribution is 2.45. The average Bonchev–Trinajstić information content (AvgIpc) is 3.40. The summed E-state index contributed by atoms with van der Waals surface area (Å²) in [5.41, 5.74) is 7.89. The Hall–Kier alpha value is -4.70. The van der Waals surface area contributed by atoms with Crippen molar-refractivity contribution in [1.82, 2.24) is 0 Å². The van der Waals surface area contributed by atoms with Gasteiger partial charge < -0.3 is 14.2 Å². The van der Waals surface area contributed by atoms with Gasteiger partial charge in [0.15, 0.2) is 0 Å². The average molecular weight is 465 g/mol. The van der Waals surface area contributed by atoms with Crippen LogP contribution in [-0.2, 0) is 0 Å². The normalized spacial score (nSPS) is 15.3. The maximum Gasteiger partial charge on any atom is 0.297 e. The molecule has 36 heavy (non-hydrogen) atoms. The van der Waals surface area contributed by atoms with Crippen LogP contribution in [-0.4, -0.2) is 6.71 Å². The second-order valence-corrected chi connectivity index (χ2v) is 8.99. The molecule has 0 bridgehead atoms. The standard InChI is InChI=1S/C32H21BN2O/c1-3-12-22(13-4-1)34-26-18-9-8-17-25(26)33-30-27(34)19-11-20-28(30)35(23-14-5-2-6-15-23)31-24-16-7-10-21-29(24)36-32(31)33/h1-21H/i2D,5D,6D,14D,15D. The molecule has 0 N–H and O–H groups in total. The highest BCUT2D eigenvalue weighted by Gasteiger charge is 2.46. The summed E-state index contributed by atoms with van der Waals surface area (Å²) in [4.78, 5) is 4.03. The van der Waals surface area contributed by atoms with Gasteiger partial charge in [-0.1, -0.05) is 72.7 Å². The molecule has 0 amide bonds. The fourth-order valence-electron chi connectivity index (χ4n) is 5.76. The third kappa shape index (κ3) is 2.58. The van der Waals surface area contributed by atoms with E-state index < -0.39 is 6.04 Å². The van der Waals surface area contributed by atoms with Gasteiger partial charge in [-0.3, -0.25) is 0 Å². The molecule has 3 heterocycles. The molecule has 0 fully saturated rings. The predicted molar refractivity (Wildman–Crippen MR) is 150 cm³/mol. The van der Waals surface area contributed by atoms with Crippen molar-refractivity contribution in [2.24, 2.45) is 0 Å². The predicted octanol–water partition coefficient (Wildman–Crippen LogP) is 6.52. The van der Waals surface area contributed by atoms with Crippen molar-refractivity contribution < 1.29 is 11.3 Å². The highest BCUT2D eigenvalue weighted by molar-refractivity contribution is 6.99. The fourth-order valence-corrected chi connectivity index (χ4v) is 5.76. The van der Waals surface area contributed by atoms with E-state index in [-0.39, 0.29) is 36.6 Å². The molecule has 0 aliphatic carbocycles. The van der Waals surface area contributed by atoms with Gasteiger partial charge in [0.05, 0.1) is 18.2 Å². The molecule has 0 radical (unpaired) electrons. The van der Waals surface area contributed by atoms with Gasteiger partial charge in [-0.25, -0.2) is 0 Å². The number of hydrogen-bond donors (Lipinski definition) is 0. The third-order valence-corrected chi connectivity index (χ3v) is 7.13. The van der Waals surface area contributed by atoms with Crippen molar-refractivity contribution in [3.05, 3.63) is 127 Å². The maximum atomic E-state index is 8.91. The van der Waals surface area contributed by atoms with E-state index in [1.165, 1.54) is 0 Å². The molecule has 2 aliphatic rings. The van der Waals surface area contributed by atoms with E-state index in [9.17, 15) is 0 Å². The highest BCUT2D eigenvalue weighted by atomic mass is 16.3. The Morgan fingerprint density at radius 2 is 1.31 bits per heavy atom. The van der Waals surface area contributed by atoms with Gasteiger partial charge >= 0.3 is 0 Å². The van der Waals surface area contributed by atoms with E-state index >= 15 is 0 Å². The number of para-hydroxylation sites is 4. The Morgan fingerprint density at radius 1 is 0.611 bits per heavy atom. The van der Waals surface area contributed by atoms with Crippen molar-refractivity contribution in [1.29, 1.82) is 0 Å². The molecular formula is C32H21BN2O. The molecule has 0 spiro atoms. The first-order chi connectivity index (χ1) is 20.0. The lowest BCUT2D eigenvalue weighted by molar-refractivity contribution is 0.651. The monoisotopic (exact) mass is 465 g/mol. The summed E-state index contributed by atoms with van der Waals surface area (Å²) in [7, 11) is 0. The van der Waals surface area contributed by atoms with Crippen LogP contribution in [0.25, 0.3) is 11.0 Å². The summed E-state index contributed by atoms with van der Waals surface area (Å²) in [6, 6.07) is 30.4. The van der Waals surface area contributed by atoms with E-state index in [0.717, 1.165) is 39.1 Å². The summed E-state index contributed by atoms with van der Waals surface area (Å²) in [6.07, 6.45) is 0. The van der Waals surface area contributed by atoms with E-state index in [2.05, 4.69) is 35.2 Å². The van der Waals surface area contributed by atoms with E-state index in [1.807, 2.05) is 71.6 Å². The van der Waals surface area contributed by atoms with Crippen LogP contribution in [0, 0.1) is 0 Å². The van der Waals surface area contributed by atoms with Crippen molar-refractivity contribution in [3.8, 4) is 0 Å². The first-order valence-corrected chi connectivity index (χ1v) is 11.9. The van der Waals surface area contributed by atoms with Crippen LogP contribution in [0.5, 0.6) is 0 Å². The van der Waals surface area contributed by atoms with Crippen LogP contribution < -0.4 is 26.4 Å². The van der Waals surface area contributed by atoms with Gasteiger partial charge in [-0.2, -0.15) is 0 Å². The molecule has 0 atom stereocenters. The number of nitrogens with zero attached hydrogens (tertiary/aromatic N) is 2. The number of rotatable bonds is 2. The summed E-state index contributed by atoms with van der Waals surface area (Å²) in [5.74, 6) is 0. The van der Waals surface area contributed by atoms with E-state index in [4.69, 9.17) is 11.3 Å². The van der Waals surface area contributed by atoms with Gasteiger partial charge in [0, 0.05) is 33.8 Å². The zero-order chi connectivity index (χ0) is 28.0. The number of fused-ring (bicyclic) bond motifs is 6. The SMILES string of the molecule is [2H]c1c([2H])c([2H])c(N2c3cccc4c3B(c3ccccc3N4c3ccccc3)c3oc4ccccc4c32)c([2H])c1[2H]. The third-order valence-electron chi connectivity index (χ3n) is 7.13. The molecule has 1 aromatic heterocycles. The van der Waals surface area contributed by atoms with Crippen LogP contribution in [0.4, 0.5) is 34.1 Å². The zero-order valence-corrected chi connectivity index (χ0v) is 19.1. The Bertz CT molecular complexity index is 2020. The van der Waals surface area contributed by atoms with Crippen LogP contribution >= 0.6 is 0 Å². The van der Waals surface area contributed by atoms with Crippen LogP contribution in [0.15, 0.2) is 132 Å². The van der Waals surface area contributed by atoms with E-state index in [0.29, 0.717) is 16.9 Å². The Balaban J connectivity index is 1.53. The Morgan fingerprint density at radius 3 is 2.17 bits per heavy atom. The molecular weight excluding hydrogens is 439 g/mol. The van der Waals surface area contributed by atoms with Crippen LogP contribution in [0.3, 0.4) is 0 Å². The molecule has 4 heteroatoms. The Labute approximate surface area is 216 Å². The number of furan rings is 1. The molecule has 3 nitrogen and oxygen atoms in total. The van der Waals surface area contributed by atoms with Crippen molar-refractivity contribution in [2.75, 3.05) is 9.80 Å². The van der Waals surface area contributed by atoms with Crippen molar-refractivity contribution >= 4 is 68.4 Å². The zero-order valence-electron chi connectivity index (χ0n) is 24.1. The molecule has 8 rings (SSSR count). The first kappa shape index (κ1) is 15.3. The summed E-state index contributed by atoms with van der Waals surface area (Å²) in [5, 5.41) is 0.813. The Kier molecular flexibility index (Phi) is 3.15. The summed E-state index contributed by atoms with van der Waals surface area (Å²) in [6.45, 7) is -0.263. The lowest BCUT2D eigenvalue weighted by Gasteiger charge is -2.42. The molecule has 0 saturated carbocycles. The van der Waals surface area contributed by atoms with Crippen molar-refractivity contribution in [2.45, 2.75) is 0 Å². The smallest absolute Gasteiger partial charge is 0.297 e. The lowest BCUT2D eigenvalue weighted by Crippen LogP contribution is -2.60. The minimum Gasteiger partial charge on any atom is -0.468 e. The molecule has 2 aliphatic heterocycles. The fraction of sp³-hybridized carbons (Fsp3) is 0. The molecule has 0 unspecified atom stereocenters. The number of anilines is 6. The van der Waals surface area contributed by atoms with E-state index in [1.54, 1.807) is 0 Å². The minimum atomic E-state index is -0.421. The molecule has 6 aromatic rings. The van der Waals surface area contributed by atoms with Gasteiger partial charge in [0.1, 0.15) is 5.58 Å². The van der Waals surface area contributed by atoms with Gasteiger partial charge in [-0.15, -0.1) is 0 Å². The molecule has 0 saturated heterocycles. The topological polar surface area (TPSA) is 19.6 Å². The molecule has 168 valence electrons. The number of benzene rings is 5. The molecule has 5 aromatic carbocycles. The quantitative estimate of drug-likeness (QED) is 0.271.